The molecule has 37 heavy (non-hydrogen) atoms. The lowest BCUT2D eigenvalue weighted by molar-refractivity contribution is -0.234. The molecular formula is C32H50O5. The molecule has 0 aromatic rings. The van der Waals surface area contributed by atoms with Crippen LogP contribution in [0.15, 0.2) is 11.1 Å². The maximum atomic E-state index is 13.4. The zero-order valence-electron chi connectivity index (χ0n) is 24.4. The predicted octanol–water partition coefficient (Wildman–Crippen LogP) is 5.86. The van der Waals surface area contributed by atoms with E-state index < -0.39 is 11.5 Å². The first-order valence-electron chi connectivity index (χ1n) is 14.9. The van der Waals surface area contributed by atoms with E-state index >= 15 is 0 Å². The molecule has 5 aliphatic carbocycles. The number of aliphatic hydroxyl groups excluding tert-OH is 2. The molecule has 0 spiro atoms. The lowest BCUT2D eigenvalue weighted by Gasteiger charge is -2.72. The number of carbonyl (C=O) groups is 2. The van der Waals surface area contributed by atoms with Crippen LogP contribution in [0.4, 0.5) is 0 Å². The van der Waals surface area contributed by atoms with Crippen LogP contribution in [0.3, 0.4) is 0 Å². The van der Waals surface area contributed by atoms with Gasteiger partial charge in [0.2, 0.25) is 0 Å². The molecule has 0 bridgehead atoms. The van der Waals surface area contributed by atoms with Crippen LogP contribution in [-0.4, -0.2) is 40.8 Å². The van der Waals surface area contributed by atoms with Gasteiger partial charge in [0.25, 0.3) is 0 Å². The van der Waals surface area contributed by atoms with Crippen molar-refractivity contribution in [3.63, 3.8) is 0 Å². The summed E-state index contributed by atoms with van der Waals surface area (Å²) >= 11 is 0. The Hall–Kier alpha value is -1.20. The van der Waals surface area contributed by atoms with Crippen LogP contribution < -0.4 is 0 Å². The van der Waals surface area contributed by atoms with E-state index in [-0.39, 0.29) is 58.0 Å². The van der Waals surface area contributed by atoms with E-state index in [0.717, 1.165) is 56.1 Å². The SMILES string of the molecule is CC(=O)O[C@H]1CC[C@]2(C)[C@H]3CC[C@@H]4C5=C(C(C)C)C(=O)[C@@H](O)[C@]5(CO)CC[C@@]4(C)[C@]3(C)CC[C@H]2C1(C)C. The Kier molecular flexibility index (Phi) is 6.21. The van der Waals surface area contributed by atoms with Crippen LogP contribution in [0, 0.1) is 50.7 Å². The molecule has 0 aromatic heterocycles. The first-order valence-corrected chi connectivity index (χ1v) is 14.9. The maximum absolute atomic E-state index is 13.4. The van der Waals surface area contributed by atoms with E-state index in [1.165, 1.54) is 6.92 Å². The number of hydrogen-bond donors (Lipinski definition) is 2. The molecule has 5 nitrogen and oxygen atoms in total. The van der Waals surface area contributed by atoms with Crippen LogP contribution in [0.2, 0.25) is 0 Å². The Morgan fingerprint density at radius 1 is 0.946 bits per heavy atom. The van der Waals surface area contributed by atoms with Crippen molar-refractivity contribution < 1.29 is 24.5 Å². The third-order valence-electron chi connectivity index (χ3n) is 13.3. The van der Waals surface area contributed by atoms with Gasteiger partial charge in [0, 0.05) is 23.3 Å². The van der Waals surface area contributed by atoms with E-state index in [2.05, 4.69) is 48.5 Å². The number of ketones is 1. The Bertz CT molecular complexity index is 1030. The highest BCUT2D eigenvalue weighted by molar-refractivity contribution is 6.04. The monoisotopic (exact) mass is 514 g/mol. The van der Waals surface area contributed by atoms with Crippen molar-refractivity contribution >= 4 is 11.8 Å². The van der Waals surface area contributed by atoms with Gasteiger partial charge in [0.1, 0.15) is 12.2 Å². The summed E-state index contributed by atoms with van der Waals surface area (Å²) in [6.07, 6.45) is 6.87. The van der Waals surface area contributed by atoms with E-state index in [9.17, 15) is 19.8 Å². The Morgan fingerprint density at radius 3 is 2.22 bits per heavy atom. The van der Waals surface area contributed by atoms with Gasteiger partial charge in [0.15, 0.2) is 5.78 Å². The Balaban J connectivity index is 1.57. The number of rotatable bonds is 3. The minimum Gasteiger partial charge on any atom is -0.462 e. The smallest absolute Gasteiger partial charge is 0.302 e. The summed E-state index contributed by atoms with van der Waals surface area (Å²) in [5.74, 6) is 1.01. The fraction of sp³-hybridized carbons (Fsp3) is 0.875. The summed E-state index contributed by atoms with van der Waals surface area (Å²) in [6.45, 7) is 17.7. The van der Waals surface area contributed by atoms with Crippen molar-refractivity contribution in [1.82, 2.24) is 0 Å². The molecule has 9 atom stereocenters. The molecule has 208 valence electrons. The molecular weight excluding hydrogens is 464 g/mol. The second-order valence-electron chi connectivity index (χ2n) is 15.1. The average Bonchev–Trinajstić information content (AvgIpc) is 3.03. The summed E-state index contributed by atoms with van der Waals surface area (Å²) in [6, 6.07) is 0. The van der Waals surface area contributed by atoms with E-state index in [1.54, 1.807) is 0 Å². The zero-order chi connectivity index (χ0) is 27.3. The highest BCUT2D eigenvalue weighted by Crippen LogP contribution is 2.76. The molecule has 0 aromatic carbocycles. The van der Waals surface area contributed by atoms with Gasteiger partial charge in [0.05, 0.1) is 6.61 Å². The lowest BCUT2D eigenvalue weighted by Crippen LogP contribution is -2.66. The normalized spacial score (nSPS) is 48.7. The summed E-state index contributed by atoms with van der Waals surface area (Å²) in [5, 5.41) is 21.9. The van der Waals surface area contributed by atoms with Crippen molar-refractivity contribution in [2.75, 3.05) is 6.61 Å². The van der Waals surface area contributed by atoms with E-state index in [4.69, 9.17) is 4.74 Å². The van der Waals surface area contributed by atoms with Gasteiger partial charge in [-0.3, -0.25) is 9.59 Å². The van der Waals surface area contributed by atoms with Crippen LogP contribution in [-0.2, 0) is 14.3 Å². The number of Topliss-reactive ketones (excluding diaryl/α,β-unsaturated/α-hetero) is 1. The van der Waals surface area contributed by atoms with Crippen molar-refractivity contribution in [3.8, 4) is 0 Å². The van der Waals surface area contributed by atoms with Crippen LogP contribution in [0.1, 0.15) is 107 Å². The number of fused-ring (bicyclic) bond motifs is 7. The van der Waals surface area contributed by atoms with Gasteiger partial charge in [-0.15, -0.1) is 0 Å². The highest BCUT2D eigenvalue weighted by atomic mass is 16.5. The van der Waals surface area contributed by atoms with E-state index in [0.29, 0.717) is 18.3 Å². The fourth-order valence-corrected chi connectivity index (χ4v) is 11.3. The van der Waals surface area contributed by atoms with Gasteiger partial charge < -0.3 is 14.9 Å². The van der Waals surface area contributed by atoms with Gasteiger partial charge in [-0.05, 0) is 96.9 Å². The maximum Gasteiger partial charge on any atom is 0.302 e. The highest BCUT2D eigenvalue weighted by Gasteiger charge is 2.71. The number of aliphatic hydroxyl groups is 2. The summed E-state index contributed by atoms with van der Waals surface area (Å²) in [5.41, 5.74) is 1.36. The van der Waals surface area contributed by atoms with E-state index in [1.807, 2.05) is 0 Å². The molecule has 0 amide bonds. The quantitative estimate of drug-likeness (QED) is 0.461. The first-order chi connectivity index (χ1) is 17.1. The molecule has 0 radical (unpaired) electrons. The fourth-order valence-electron chi connectivity index (χ4n) is 11.3. The Morgan fingerprint density at radius 2 is 1.62 bits per heavy atom. The Labute approximate surface area is 223 Å². The van der Waals surface area contributed by atoms with Crippen LogP contribution >= 0.6 is 0 Å². The van der Waals surface area contributed by atoms with Crippen molar-refractivity contribution in [3.05, 3.63) is 11.1 Å². The molecule has 0 heterocycles. The molecule has 5 heteroatoms. The number of esters is 1. The predicted molar refractivity (Wildman–Crippen MR) is 143 cm³/mol. The minimum atomic E-state index is -1.11. The lowest BCUT2D eigenvalue weighted by atomic mass is 9.33. The molecule has 0 saturated heterocycles. The molecule has 0 aliphatic heterocycles. The van der Waals surface area contributed by atoms with Crippen LogP contribution in [0.5, 0.6) is 0 Å². The van der Waals surface area contributed by atoms with Gasteiger partial charge in [-0.2, -0.15) is 0 Å². The first kappa shape index (κ1) is 27.4. The second-order valence-corrected chi connectivity index (χ2v) is 15.1. The van der Waals surface area contributed by atoms with Gasteiger partial charge >= 0.3 is 5.97 Å². The number of ether oxygens (including phenoxy) is 1. The van der Waals surface area contributed by atoms with Crippen molar-refractivity contribution in [1.29, 1.82) is 0 Å². The zero-order valence-corrected chi connectivity index (χ0v) is 24.4. The molecule has 4 saturated carbocycles. The molecule has 0 unspecified atom stereocenters. The molecule has 5 aliphatic rings. The second kappa shape index (κ2) is 8.40. The summed E-state index contributed by atoms with van der Waals surface area (Å²) < 4.78 is 5.87. The number of hydrogen-bond acceptors (Lipinski definition) is 5. The molecule has 5 rings (SSSR count). The average molecular weight is 515 g/mol. The molecule has 4 fully saturated rings. The van der Waals surface area contributed by atoms with Gasteiger partial charge in [-0.1, -0.05) is 48.5 Å². The topological polar surface area (TPSA) is 83.8 Å². The minimum absolute atomic E-state index is 0.0132. The van der Waals surface area contributed by atoms with Crippen LogP contribution in [0.25, 0.3) is 0 Å². The molecule has 2 N–H and O–H groups in total. The standard InChI is InChI=1S/C32H50O5/c1-18(2)24-25-20-9-10-22-29(6)13-12-23(37-19(3)34)28(4,5)21(29)11-14-31(22,8)30(20,7)15-16-32(25,17-33)27(36)26(24)35/h18,20-23,27,33,36H,9-17H2,1-8H3/t20-,21+,22-,23+,27-,29+,30-,31-,32+/m1/s1. The number of carbonyl (C=O) groups excluding carboxylic acids is 2. The van der Waals surface area contributed by atoms with Crippen molar-refractivity contribution in [2.45, 2.75) is 119 Å². The summed E-state index contributed by atoms with van der Waals surface area (Å²) in [7, 11) is 0. The summed E-state index contributed by atoms with van der Waals surface area (Å²) in [4.78, 5) is 25.3. The largest absolute Gasteiger partial charge is 0.462 e. The third-order valence-corrected chi connectivity index (χ3v) is 13.3. The van der Waals surface area contributed by atoms with Crippen molar-refractivity contribution in [2.24, 2.45) is 50.7 Å². The third kappa shape index (κ3) is 3.28. The van der Waals surface area contributed by atoms with Gasteiger partial charge in [-0.25, -0.2) is 0 Å².